The SMILES string of the molecule is Cc1cc(OCC(=O)NCC2CCC(C(=O)[O-])CC2)c2c3c(c(=O)oc2c1)CCC3. The number of benzene rings is 1. The van der Waals surface area contributed by atoms with Crippen LogP contribution in [0.1, 0.15) is 48.8 Å². The van der Waals surface area contributed by atoms with E-state index in [0.29, 0.717) is 42.7 Å². The normalized spacial score (nSPS) is 20.7. The third-order valence-corrected chi connectivity index (χ3v) is 6.31. The van der Waals surface area contributed by atoms with Gasteiger partial charge in [-0.3, -0.25) is 4.79 Å². The molecule has 2 aliphatic rings. The maximum absolute atomic E-state index is 12.3. The minimum atomic E-state index is -0.974. The molecule has 1 fully saturated rings. The van der Waals surface area contributed by atoms with Crippen molar-refractivity contribution in [2.24, 2.45) is 11.8 Å². The Morgan fingerprint density at radius 3 is 2.63 bits per heavy atom. The van der Waals surface area contributed by atoms with Gasteiger partial charge in [-0.2, -0.15) is 0 Å². The monoisotopic (exact) mass is 412 g/mol. The van der Waals surface area contributed by atoms with E-state index in [0.717, 1.165) is 42.2 Å². The highest BCUT2D eigenvalue weighted by Gasteiger charge is 2.24. The molecule has 1 aromatic heterocycles. The molecule has 0 aliphatic heterocycles. The molecule has 0 bridgehead atoms. The number of nitrogens with one attached hydrogen (secondary N) is 1. The van der Waals surface area contributed by atoms with E-state index in [2.05, 4.69) is 5.32 Å². The number of carbonyl (C=O) groups is 2. The summed E-state index contributed by atoms with van der Waals surface area (Å²) in [5, 5.41) is 14.6. The van der Waals surface area contributed by atoms with E-state index < -0.39 is 5.97 Å². The molecule has 30 heavy (non-hydrogen) atoms. The van der Waals surface area contributed by atoms with Crippen molar-refractivity contribution in [3.05, 3.63) is 39.2 Å². The van der Waals surface area contributed by atoms with Crippen LogP contribution in [0.5, 0.6) is 5.75 Å². The average Bonchev–Trinajstić information content (AvgIpc) is 3.21. The largest absolute Gasteiger partial charge is 0.550 e. The van der Waals surface area contributed by atoms with Crippen molar-refractivity contribution in [1.29, 1.82) is 0 Å². The second-order valence-corrected chi connectivity index (χ2v) is 8.47. The van der Waals surface area contributed by atoms with Crippen LogP contribution >= 0.6 is 0 Å². The maximum atomic E-state index is 12.3. The van der Waals surface area contributed by atoms with Crippen LogP contribution < -0.4 is 20.8 Å². The molecular weight excluding hydrogens is 386 g/mol. The predicted molar refractivity (Wildman–Crippen MR) is 108 cm³/mol. The fourth-order valence-electron chi connectivity index (χ4n) is 4.67. The molecular formula is C23H26NO6-. The first-order valence-electron chi connectivity index (χ1n) is 10.6. The summed E-state index contributed by atoms with van der Waals surface area (Å²) >= 11 is 0. The van der Waals surface area contributed by atoms with Crippen LogP contribution in [0.15, 0.2) is 21.3 Å². The Balaban J connectivity index is 1.39. The first-order valence-corrected chi connectivity index (χ1v) is 10.6. The van der Waals surface area contributed by atoms with Gasteiger partial charge in [0.1, 0.15) is 11.3 Å². The van der Waals surface area contributed by atoms with Crippen molar-refractivity contribution in [3.63, 3.8) is 0 Å². The van der Waals surface area contributed by atoms with Gasteiger partial charge in [-0.15, -0.1) is 0 Å². The molecule has 1 saturated carbocycles. The van der Waals surface area contributed by atoms with Crippen LogP contribution in [-0.2, 0) is 22.4 Å². The lowest BCUT2D eigenvalue weighted by molar-refractivity contribution is -0.312. The molecule has 0 saturated heterocycles. The molecule has 1 aromatic carbocycles. The van der Waals surface area contributed by atoms with Gasteiger partial charge in [0.25, 0.3) is 5.91 Å². The summed E-state index contributed by atoms with van der Waals surface area (Å²) in [6.45, 7) is 2.28. The highest BCUT2D eigenvalue weighted by Crippen LogP contribution is 2.35. The van der Waals surface area contributed by atoms with Crippen molar-refractivity contribution < 1.29 is 23.8 Å². The molecule has 160 valence electrons. The molecule has 1 amide bonds. The highest BCUT2D eigenvalue weighted by molar-refractivity contribution is 5.89. The zero-order valence-electron chi connectivity index (χ0n) is 17.1. The van der Waals surface area contributed by atoms with Gasteiger partial charge in [0.2, 0.25) is 0 Å². The summed E-state index contributed by atoms with van der Waals surface area (Å²) in [5.41, 5.74) is 2.80. The Hall–Kier alpha value is -2.83. The van der Waals surface area contributed by atoms with Gasteiger partial charge in [0, 0.05) is 18.1 Å². The van der Waals surface area contributed by atoms with Crippen LogP contribution in [0.4, 0.5) is 0 Å². The minimum Gasteiger partial charge on any atom is -0.550 e. The van der Waals surface area contributed by atoms with Crippen molar-refractivity contribution in [2.45, 2.75) is 51.9 Å². The zero-order valence-corrected chi connectivity index (χ0v) is 17.1. The van der Waals surface area contributed by atoms with Gasteiger partial charge in [0.05, 0.1) is 5.39 Å². The van der Waals surface area contributed by atoms with Crippen LogP contribution in [0.2, 0.25) is 0 Å². The number of ether oxygens (including phenoxy) is 1. The number of hydrogen-bond acceptors (Lipinski definition) is 6. The number of amides is 1. The van der Waals surface area contributed by atoms with Gasteiger partial charge < -0.3 is 24.4 Å². The molecule has 7 heteroatoms. The number of hydrogen-bond donors (Lipinski definition) is 1. The number of aryl methyl sites for hydroxylation is 2. The molecule has 0 spiro atoms. The number of carboxylic acids is 1. The van der Waals surface area contributed by atoms with E-state index in [1.54, 1.807) is 0 Å². The third-order valence-electron chi connectivity index (χ3n) is 6.31. The standard InChI is InChI=1S/C23H27NO6/c1-13-9-18(21-16-3-2-4-17(16)23(28)30-19(21)10-13)29-12-20(25)24-11-14-5-7-15(8-6-14)22(26)27/h9-10,14-15H,2-8,11-12H2,1H3,(H,24,25)(H,26,27)/p-1. The van der Waals surface area contributed by atoms with Crippen molar-refractivity contribution in [2.75, 3.05) is 13.2 Å². The third kappa shape index (κ3) is 4.20. The molecule has 1 heterocycles. The predicted octanol–water partition coefficient (Wildman–Crippen LogP) is 1.64. The molecule has 0 atom stereocenters. The lowest BCUT2D eigenvalue weighted by Crippen LogP contribution is -2.37. The number of rotatable bonds is 6. The Morgan fingerprint density at radius 2 is 1.90 bits per heavy atom. The molecule has 2 aromatic rings. The van der Waals surface area contributed by atoms with Crippen molar-refractivity contribution in [3.8, 4) is 5.75 Å². The summed E-state index contributed by atoms with van der Waals surface area (Å²) in [4.78, 5) is 35.5. The van der Waals surface area contributed by atoms with E-state index in [-0.39, 0.29) is 30.0 Å². The van der Waals surface area contributed by atoms with Gasteiger partial charge in [-0.05, 0) is 87.0 Å². The smallest absolute Gasteiger partial charge is 0.339 e. The van der Waals surface area contributed by atoms with Crippen molar-refractivity contribution >= 4 is 22.8 Å². The summed E-state index contributed by atoms with van der Waals surface area (Å²) in [7, 11) is 0. The zero-order chi connectivity index (χ0) is 21.3. The van der Waals surface area contributed by atoms with E-state index in [9.17, 15) is 19.5 Å². The van der Waals surface area contributed by atoms with Crippen LogP contribution in [0.3, 0.4) is 0 Å². The number of aliphatic carboxylic acids is 1. The fraction of sp³-hybridized carbons (Fsp3) is 0.522. The van der Waals surface area contributed by atoms with Gasteiger partial charge >= 0.3 is 5.63 Å². The first kappa shape index (κ1) is 20.4. The average molecular weight is 412 g/mol. The second-order valence-electron chi connectivity index (χ2n) is 8.47. The van der Waals surface area contributed by atoms with Gasteiger partial charge in [-0.25, -0.2) is 4.79 Å². The maximum Gasteiger partial charge on any atom is 0.339 e. The quantitative estimate of drug-likeness (QED) is 0.723. The van der Waals surface area contributed by atoms with E-state index in [4.69, 9.17) is 9.15 Å². The number of carbonyl (C=O) groups excluding carboxylic acids is 2. The molecule has 0 unspecified atom stereocenters. The van der Waals surface area contributed by atoms with Gasteiger partial charge in [0.15, 0.2) is 6.61 Å². The Labute approximate surface area is 174 Å². The van der Waals surface area contributed by atoms with Crippen molar-refractivity contribution in [1.82, 2.24) is 5.32 Å². The van der Waals surface area contributed by atoms with Crippen LogP contribution in [0.25, 0.3) is 11.0 Å². The minimum absolute atomic E-state index is 0.124. The Kier molecular flexibility index (Phi) is 5.79. The van der Waals surface area contributed by atoms with E-state index >= 15 is 0 Å². The molecule has 4 rings (SSSR count). The topological polar surface area (TPSA) is 109 Å². The number of fused-ring (bicyclic) bond motifs is 3. The fourth-order valence-corrected chi connectivity index (χ4v) is 4.67. The molecule has 0 radical (unpaired) electrons. The van der Waals surface area contributed by atoms with Crippen LogP contribution in [0, 0.1) is 18.8 Å². The van der Waals surface area contributed by atoms with E-state index in [1.165, 1.54) is 0 Å². The molecule has 2 aliphatic carbocycles. The summed E-state index contributed by atoms with van der Waals surface area (Å²) < 4.78 is 11.4. The van der Waals surface area contributed by atoms with E-state index in [1.807, 2.05) is 19.1 Å². The summed E-state index contributed by atoms with van der Waals surface area (Å²) in [5.74, 6) is -0.714. The summed E-state index contributed by atoms with van der Waals surface area (Å²) in [6.07, 6.45) is 5.17. The van der Waals surface area contributed by atoms with Gasteiger partial charge in [-0.1, -0.05) is 0 Å². The van der Waals surface area contributed by atoms with Crippen LogP contribution in [-0.4, -0.2) is 25.0 Å². The molecule has 7 nitrogen and oxygen atoms in total. The second kappa shape index (κ2) is 8.50. The lowest BCUT2D eigenvalue weighted by atomic mass is 9.82. The lowest BCUT2D eigenvalue weighted by Gasteiger charge is -2.29. The Morgan fingerprint density at radius 1 is 1.17 bits per heavy atom. The first-order chi connectivity index (χ1) is 14.4. The Bertz CT molecular complexity index is 1030. The number of carboxylic acid groups (broad SMARTS) is 1. The molecule has 1 N–H and O–H groups in total. The highest BCUT2D eigenvalue weighted by atomic mass is 16.5. The summed E-state index contributed by atoms with van der Waals surface area (Å²) in [6, 6.07) is 3.70.